The van der Waals surface area contributed by atoms with E-state index in [-0.39, 0.29) is 0 Å². The molecule has 1 unspecified atom stereocenters. The lowest BCUT2D eigenvalue weighted by Crippen LogP contribution is -2.34. The number of nitrogens with two attached hydrogens (primary N) is 1. The predicted molar refractivity (Wildman–Crippen MR) is 91.5 cm³/mol. The summed E-state index contributed by atoms with van der Waals surface area (Å²) in [6.07, 6.45) is 1.78. The van der Waals surface area contributed by atoms with Crippen molar-refractivity contribution in [2.45, 2.75) is 12.5 Å². The van der Waals surface area contributed by atoms with Crippen LogP contribution >= 0.6 is 27.5 Å². The van der Waals surface area contributed by atoms with E-state index >= 15 is 0 Å². The van der Waals surface area contributed by atoms with Crippen LogP contribution in [0, 0.1) is 0 Å². The molecule has 1 atom stereocenters. The van der Waals surface area contributed by atoms with Crippen LogP contribution in [-0.4, -0.2) is 4.98 Å². The third-order valence-electron chi connectivity index (χ3n) is 3.70. The smallest absolute Gasteiger partial charge is 0.0705 e. The van der Waals surface area contributed by atoms with Gasteiger partial charge in [-0.05, 0) is 42.3 Å². The van der Waals surface area contributed by atoms with Gasteiger partial charge in [-0.15, -0.1) is 0 Å². The number of rotatable bonds is 2. The zero-order valence-corrected chi connectivity index (χ0v) is 13.8. The lowest BCUT2D eigenvalue weighted by Gasteiger charge is -2.27. The minimum Gasteiger partial charge on any atom is -0.318 e. The van der Waals surface area contributed by atoms with E-state index < -0.39 is 5.54 Å². The summed E-state index contributed by atoms with van der Waals surface area (Å²) in [5, 5.41) is 1.74. The van der Waals surface area contributed by atoms with Crippen molar-refractivity contribution >= 4 is 38.4 Å². The molecule has 0 fully saturated rings. The standard InChI is InChI=1S/C17H14BrClN2/c1-17(20,14-7-6-13(18)10-15(14)19)12-5-4-11-3-2-8-21-16(11)9-12/h2-10H,20H2,1H3. The van der Waals surface area contributed by atoms with E-state index in [2.05, 4.69) is 20.9 Å². The van der Waals surface area contributed by atoms with Gasteiger partial charge in [0.1, 0.15) is 0 Å². The fraction of sp³-hybridized carbons (Fsp3) is 0.118. The Hall–Kier alpha value is -1.42. The van der Waals surface area contributed by atoms with Crippen molar-refractivity contribution in [2.75, 3.05) is 0 Å². The van der Waals surface area contributed by atoms with Crippen LogP contribution in [0.25, 0.3) is 10.9 Å². The molecule has 0 amide bonds. The minimum absolute atomic E-state index is 0.649. The van der Waals surface area contributed by atoms with Gasteiger partial charge in [0, 0.05) is 21.1 Å². The van der Waals surface area contributed by atoms with Gasteiger partial charge in [0.05, 0.1) is 11.1 Å². The van der Waals surface area contributed by atoms with Gasteiger partial charge in [-0.3, -0.25) is 4.98 Å². The molecule has 1 aromatic heterocycles. The van der Waals surface area contributed by atoms with Crippen molar-refractivity contribution in [3.05, 3.63) is 75.4 Å². The summed E-state index contributed by atoms with van der Waals surface area (Å²) >= 11 is 9.77. The number of benzene rings is 2. The number of pyridine rings is 1. The highest BCUT2D eigenvalue weighted by Crippen LogP contribution is 2.34. The average molecular weight is 362 g/mol. The van der Waals surface area contributed by atoms with Crippen molar-refractivity contribution in [3.8, 4) is 0 Å². The molecular formula is C17H14BrClN2. The van der Waals surface area contributed by atoms with Gasteiger partial charge in [-0.1, -0.05) is 51.8 Å². The summed E-state index contributed by atoms with van der Waals surface area (Å²) in [4.78, 5) is 4.39. The molecule has 4 heteroatoms. The number of nitrogens with zero attached hydrogens (tertiary/aromatic N) is 1. The maximum absolute atomic E-state index is 6.57. The predicted octanol–water partition coefficient (Wildman–Crippen LogP) is 4.87. The third-order valence-corrected chi connectivity index (χ3v) is 4.50. The van der Waals surface area contributed by atoms with Crippen molar-refractivity contribution < 1.29 is 0 Å². The van der Waals surface area contributed by atoms with Gasteiger partial charge in [0.2, 0.25) is 0 Å². The molecule has 2 aromatic carbocycles. The fourth-order valence-corrected chi connectivity index (χ4v) is 3.33. The van der Waals surface area contributed by atoms with Crippen molar-refractivity contribution in [1.82, 2.24) is 4.98 Å². The maximum Gasteiger partial charge on any atom is 0.0705 e. The van der Waals surface area contributed by atoms with Crippen LogP contribution in [0.3, 0.4) is 0 Å². The molecule has 0 bridgehead atoms. The zero-order valence-electron chi connectivity index (χ0n) is 11.5. The van der Waals surface area contributed by atoms with Crippen LogP contribution in [0.15, 0.2) is 59.2 Å². The minimum atomic E-state index is -0.677. The van der Waals surface area contributed by atoms with Gasteiger partial charge in [0.25, 0.3) is 0 Å². The van der Waals surface area contributed by atoms with Crippen LogP contribution in [-0.2, 0) is 5.54 Å². The molecule has 0 aliphatic heterocycles. The van der Waals surface area contributed by atoms with Crippen LogP contribution < -0.4 is 5.73 Å². The second-order valence-electron chi connectivity index (χ2n) is 5.24. The maximum atomic E-state index is 6.57. The molecule has 0 aliphatic rings. The number of aromatic nitrogens is 1. The first kappa shape index (κ1) is 14.5. The van der Waals surface area contributed by atoms with E-state index in [0.717, 1.165) is 26.5 Å². The molecular weight excluding hydrogens is 348 g/mol. The Morgan fingerprint density at radius 1 is 1.14 bits per heavy atom. The van der Waals surface area contributed by atoms with E-state index in [1.165, 1.54) is 0 Å². The topological polar surface area (TPSA) is 38.9 Å². The van der Waals surface area contributed by atoms with Crippen molar-refractivity contribution in [2.24, 2.45) is 5.73 Å². The van der Waals surface area contributed by atoms with Crippen molar-refractivity contribution in [3.63, 3.8) is 0 Å². The Kier molecular flexibility index (Phi) is 3.74. The van der Waals surface area contributed by atoms with E-state index in [0.29, 0.717) is 5.02 Å². The molecule has 0 saturated heterocycles. The first-order valence-corrected chi connectivity index (χ1v) is 7.75. The van der Waals surface area contributed by atoms with Crippen LogP contribution in [0.5, 0.6) is 0 Å². The molecule has 21 heavy (non-hydrogen) atoms. The summed E-state index contributed by atoms with van der Waals surface area (Å²) in [5.41, 5.74) is 8.70. The lowest BCUT2D eigenvalue weighted by atomic mass is 9.85. The van der Waals surface area contributed by atoms with Crippen molar-refractivity contribution in [1.29, 1.82) is 0 Å². The van der Waals surface area contributed by atoms with E-state index in [4.69, 9.17) is 17.3 Å². The Morgan fingerprint density at radius 2 is 1.95 bits per heavy atom. The zero-order chi connectivity index (χ0) is 15.0. The monoisotopic (exact) mass is 360 g/mol. The molecule has 2 N–H and O–H groups in total. The lowest BCUT2D eigenvalue weighted by molar-refractivity contribution is 0.604. The Labute approximate surface area is 137 Å². The summed E-state index contributed by atoms with van der Waals surface area (Å²) in [6, 6.07) is 15.8. The molecule has 3 aromatic rings. The van der Waals surface area contributed by atoms with E-state index in [9.17, 15) is 0 Å². The fourth-order valence-electron chi connectivity index (χ4n) is 2.46. The van der Waals surface area contributed by atoms with Gasteiger partial charge in [0.15, 0.2) is 0 Å². The molecule has 1 heterocycles. The molecule has 0 radical (unpaired) electrons. The number of hydrogen-bond acceptors (Lipinski definition) is 2. The van der Waals surface area contributed by atoms with Gasteiger partial charge < -0.3 is 5.73 Å². The highest BCUT2D eigenvalue weighted by atomic mass is 79.9. The van der Waals surface area contributed by atoms with Gasteiger partial charge in [-0.25, -0.2) is 0 Å². The molecule has 0 aliphatic carbocycles. The highest BCUT2D eigenvalue weighted by molar-refractivity contribution is 9.10. The van der Waals surface area contributed by atoms with E-state index in [1.54, 1.807) is 6.20 Å². The molecule has 106 valence electrons. The highest BCUT2D eigenvalue weighted by Gasteiger charge is 2.26. The quantitative estimate of drug-likeness (QED) is 0.707. The second-order valence-corrected chi connectivity index (χ2v) is 6.56. The molecule has 3 rings (SSSR count). The molecule has 0 saturated carbocycles. The Bertz CT molecular complexity index is 815. The summed E-state index contributed by atoms with van der Waals surface area (Å²) in [6.45, 7) is 1.96. The van der Waals surface area contributed by atoms with Gasteiger partial charge in [-0.2, -0.15) is 0 Å². The Balaban J connectivity index is 2.14. The number of hydrogen-bond donors (Lipinski definition) is 1. The summed E-state index contributed by atoms with van der Waals surface area (Å²) in [7, 11) is 0. The van der Waals surface area contributed by atoms with E-state index in [1.807, 2.05) is 55.5 Å². The summed E-state index contributed by atoms with van der Waals surface area (Å²) < 4.78 is 0.937. The number of halogens is 2. The number of fused-ring (bicyclic) bond motifs is 1. The normalized spacial score (nSPS) is 14.1. The Morgan fingerprint density at radius 3 is 2.71 bits per heavy atom. The van der Waals surface area contributed by atoms with Crippen LogP contribution in [0.2, 0.25) is 5.02 Å². The SMILES string of the molecule is CC(N)(c1ccc2cccnc2c1)c1ccc(Br)cc1Cl. The first-order chi connectivity index (χ1) is 9.98. The van der Waals surface area contributed by atoms with Gasteiger partial charge >= 0.3 is 0 Å². The van der Waals surface area contributed by atoms with Crippen LogP contribution in [0.1, 0.15) is 18.1 Å². The summed E-state index contributed by atoms with van der Waals surface area (Å²) in [5.74, 6) is 0. The molecule has 0 spiro atoms. The second kappa shape index (κ2) is 5.41. The van der Waals surface area contributed by atoms with Crippen LogP contribution in [0.4, 0.5) is 0 Å². The molecule has 2 nitrogen and oxygen atoms in total. The largest absolute Gasteiger partial charge is 0.318 e. The average Bonchev–Trinajstić information content (AvgIpc) is 2.46. The third kappa shape index (κ3) is 2.69. The first-order valence-electron chi connectivity index (χ1n) is 6.58.